The van der Waals surface area contributed by atoms with Gasteiger partial charge in [0.05, 0.1) is 17.7 Å². The van der Waals surface area contributed by atoms with Crippen molar-refractivity contribution in [3.8, 4) is 5.75 Å². The molecule has 0 unspecified atom stereocenters. The number of rotatable bonds is 7. The predicted octanol–water partition coefficient (Wildman–Crippen LogP) is 4.12. The van der Waals surface area contributed by atoms with Gasteiger partial charge in [-0.15, -0.1) is 0 Å². The van der Waals surface area contributed by atoms with Gasteiger partial charge in [-0.3, -0.25) is 9.10 Å². The second kappa shape index (κ2) is 10.5. The lowest BCUT2D eigenvalue weighted by Crippen LogP contribution is -2.44. The third-order valence-corrected chi connectivity index (χ3v) is 7.24. The molecule has 1 fully saturated rings. The molecule has 1 N–H and O–H groups in total. The van der Waals surface area contributed by atoms with E-state index in [1.54, 1.807) is 61.7 Å². The summed E-state index contributed by atoms with van der Waals surface area (Å²) in [4.78, 5) is 13.0. The zero-order chi connectivity index (χ0) is 21.4. The average molecular weight is 431 g/mol. The van der Waals surface area contributed by atoms with Gasteiger partial charge in [-0.05, 0) is 49.2 Å². The minimum Gasteiger partial charge on any atom is -0.497 e. The minimum absolute atomic E-state index is 0.106. The van der Waals surface area contributed by atoms with E-state index in [0.717, 1.165) is 25.7 Å². The fourth-order valence-corrected chi connectivity index (χ4v) is 5.23. The van der Waals surface area contributed by atoms with Crippen molar-refractivity contribution in [2.45, 2.75) is 55.9 Å². The summed E-state index contributed by atoms with van der Waals surface area (Å²) in [7, 11) is -2.34. The summed E-state index contributed by atoms with van der Waals surface area (Å²) in [5, 5.41) is 3.06. The Morgan fingerprint density at radius 2 is 1.57 bits per heavy atom. The monoisotopic (exact) mass is 430 g/mol. The van der Waals surface area contributed by atoms with E-state index < -0.39 is 10.0 Å². The number of methoxy groups -OCH3 is 1. The van der Waals surface area contributed by atoms with Crippen LogP contribution >= 0.6 is 0 Å². The minimum atomic E-state index is -3.89. The smallest absolute Gasteiger partial charge is 0.264 e. The molecule has 0 radical (unpaired) electrons. The van der Waals surface area contributed by atoms with Crippen LogP contribution in [0.3, 0.4) is 0 Å². The summed E-state index contributed by atoms with van der Waals surface area (Å²) in [6.45, 7) is -0.264. The van der Waals surface area contributed by atoms with E-state index in [-0.39, 0.29) is 23.4 Å². The van der Waals surface area contributed by atoms with Gasteiger partial charge in [-0.25, -0.2) is 8.42 Å². The lowest BCUT2D eigenvalue weighted by Gasteiger charge is -2.26. The van der Waals surface area contributed by atoms with E-state index in [4.69, 9.17) is 4.74 Å². The van der Waals surface area contributed by atoms with Crippen LogP contribution in [0.4, 0.5) is 5.69 Å². The maximum atomic E-state index is 13.3. The predicted molar refractivity (Wildman–Crippen MR) is 118 cm³/mol. The first-order valence-electron chi connectivity index (χ1n) is 10.5. The SMILES string of the molecule is COc1ccc(N(CC(=O)NC2CCCCCCC2)S(=O)(=O)c2ccccc2)cc1. The van der Waals surface area contributed by atoms with Crippen LogP contribution in [-0.4, -0.2) is 34.0 Å². The van der Waals surface area contributed by atoms with Crippen LogP contribution in [0.2, 0.25) is 0 Å². The van der Waals surface area contributed by atoms with E-state index in [1.807, 2.05) is 0 Å². The maximum absolute atomic E-state index is 13.3. The molecule has 3 rings (SSSR count). The van der Waals surface area contributed by atoms with E-state index in [9.17, 15) is 13.2 Å². The maximum Gasteiger partial charge on any atom is 0.264 e. The normalized spacial score (nSPS) is 15.6. The second-order valence-electron chi connectivity index (χ2n) is 7.63. The van der Waals surface area contributed by atoms with Crippen molar-refractivity contribution in [2.24, 2.45) is 0 Å². The molecule has 0 aromatic heterocycles. The number of hydrogen-bond donors (Lipinski definition) is 1. The fourth-order valence-electron chi connectivity index (χ4n) is 3.79. The van der Waals surface area contributed by atoms with Gasteiger partial charge < -0.3 is 10.1 Å². The first kappa shape index (κ1) is 22.2. The number of hydrogen-bond acceptors (Lipinski definition) is 4. The molecule has 0 atom stereocenters. The lowest BCUT2D eigenvalue weighted by molar-refractivity contribution is -0.120. The summed E-state index contributed by atoms with van der Waals surface area (Å²) in [6.07, 6.45) is 7.70. The van der Waals surface area contributed by atoms with Gasteiger partial charge in [-0.2, -0.15) is 0 Å². The van der Waals surface area contributed by atoms with E-state index >= 15 is 0 Å². The van der Waals surface area contributed by atoms with Crippen LogP contribution < -0.4 is 14.4 Å². The van der Waals surface area contributed by atoms with Crippen LogP contribution in [0.15, 0.2) is 59.5 Å². The second-order valence-corrected chi connectivity index (χ2v) is 9.49. The van der Waals surface area contributed by atoms with Gasteiger partial charge in [0.2, 0.25) is 5.91 Å². The van der Waals surface area contributed by atoms with Crippen molar-refractivity contribution < 1.29 is 17.9 Å². The molecule has 1 saturated carbocycles. The molecule has 0 heterocycles. The third-order valence-electron chi connectivity index (χ3n) is 5.45. The number of nitrogens with one attached hydrogen (secondary N) is 1. The van der Waals surface area contributed by atoms with Crippen LogP contribution in [0.25, 0.3) is 0 Å². The first-order valence-corrected chi connectivity index (χ1v) is 12.0. The Morgan fingerprint density at radius 1 is 0.967 bits per heavy atom. The van der Waals surface area contributed by atoms with Crippen molar-refractivity contribution in [3.05, 3.63) is 54.6 Å². The Balaban J connectivity index is 1.82. The number of nitrogens with zero attached hydrogens (tertiary/aromatic N) is 1. The molecule has 1 aliphatic carbocycles. The topological polar surface area (TPSA) is 75.7 Å². The zero-order valence-electron chi connectivity index (χ0n) is 17.4. The summed E-state index contributed by atoms with van der Waals surface area (Å²) in [6, 6.07) is 15.0. The number of amides is 1. The van der Waals surface area contributed by atoms with Crippen molar-refractivity contribution >= 4 is 21.6 Å². The number of benzene rings is 2. The average Bonchev–Trinajstić information content (AvgIpc) is 2.74. The highest BCUT2D eigenvalue weighted by molar-refractivity contribution is 7.92. The Morgan fingerprint density at radius 3 is 2.17 bits per heavy atom. The summed E-state index contributed by atoms with van der Waals surface area (Å²) in [5.74, 6) is 0.339. The van der Waals surface area contributed by atoms with Gasteiger partial charge in [0.1, 0.15) is 12.3 Å². The lowest BCUT2D eigenvalue weighted by atomic mass is 9.97. The summed E-state index contributed by atoms with van der Waals surface area (Å²) < 4.78 is 33.0. The molecule has 1 amide bonds. The molecule has 7 heteroatoms. The number of carbonyl (C=O) groups is 1. The number of carbonyl (C=O) groups excluding carboxylic acids is 1. The largest absolute Gasteiger partial charge is 0.497 e. The quantitative estimate of drug-likeness (QED) is 0.717. The third kappa shape index (κ3) is 5.75. The molecule has 162 valence electrons. The number of anilines is 1. The summed E-state index contributed by atoms with van der Waals surface area (Å²) in [5.41, 5.74) is 0.424. The molecule has 6 nitrogen and oxygen atoms in total. The molecule has 0 bridgehead atoms. The highest BCUT2D eigenvalue weighted by atomic mass is 32.2. The molecule has 2 aromatic carbocycles. The zero-order valence-corrected chi connectivity index (χ0v) is 18.2. The van der Waals surface area contributed by atoms with E-state index in [2.05, 4.69) is 5.32 Å². The van der Waals surface area contributed by atoms with Crippen LogP contribution in [0.1, 0.15) is 44.9 Å². The molecule has 0 spiro atoms. The highest BCUT2D eigenvalue weighted by Gasteiger charge is 2.28. The Kier molecular flexibility index (Phi) is 7.74. The van der Waals surface area contributed by atoms with E-state index in [0.29, 0.717) is 11.4 Å². The molecular weight excluding hydrogens is 400 g/mol. The van der Waals surface area contributed by atoms with Crippen molar-refractivity contribution in [3.63, 3.8) is 0 Å². The van der Waals surface area contributed by atoms with Gasteiger partial charge in [0.15, 0.2) is 0 Å². The van der Waals surface area contributed by atoms with Crippen LogP contribution in [0.5, 0.6) is 5.75 Å². The van der Waals surface area contributed by atoms with Crippen molar-refractivity contribution in [1.82, 2.24) is 5.32 Å². The summed E-state index contributed by atoms with van der Waals surface area (Å²) >= 11 is 0. The number of ether oxygens (including phenoxy) is 1. The molecule has 0 aliphatic heterocycles. The van der Waals surface area contributed by atoms with Gasteiger partial charge in [0.25, 0.3) is 10.0 Å². The molecule has 30 heavy (non-hydrogen) atoms. The van der Waals surface area contributed by atoms with Crippen molar-refractivity contribution in [1.29, 1.82) is 0 Å². The van der Waals surface area contributed by atoms with Gasteiger partial charge in [-0.1, -0.05) is 50.3 Å². The molecule has 0 saturated heterocycles. The van der Waals surface area contributed by atoms with Gasteiger partial charge in [0, 0.05) is 6.04 Å². The first-order chi connectivity index (χ1) is 14.5. The van der Waals surface area contributed by atoms with E-state index in [1.165, 1.54) is 23.6 Å². The molecular formula is C23H30N2O4S. The highest BCUT2D eigenvalue weighted by Crippen LogP contribution is 2.26. The Labute approximate surface area is 179 Å². The molecule has 2 aromatic rings. The Hall–Kier alpha value is -2.54. The molecule has 1 aliphatic rings. The van der Waals surface area contributed by atoms with Crippen LogP contribution in [-0.2, 0) is 14.8 Å². The Bertz CT molecular complexity index is 906. The fraction of sp³-hybridized carbons (Fsp3) is 0.435. The van der Waals surface area contributed by atoms with Crippen molar-refractivity contribution in [2.75, 3.05) is 18.0 Å². The number of sulfonamides is 1. The standard InChI is InChI=1S/C23H30N2O4S/c1-29-21-16-14-20(15-17-21)25(30(27,28)22-12-8-5-9-13-22)18-23(26)24-19-10-6-3-2-4-7-11-19/h5,8-9,12-17,19H,2-4,6-7,10-11,18H2,1H3,(H,24,26). The van der Waals surface area contributed by atoms with Gasteiger partial charge >= 0.3 is 0 Å². The van der Waals surface area contributed by atoms with Crippen LogP contribution in [0, 0.1) is 0 Å².